The molecule has 0 fully saturated rings. The normalized spacial score (nSPS) is 10.5. The molecule has 0 atom stereocenters. The lowest BCUT2D eigenvalue weighted by molar-refractivity contribution is 0.0697. The minimum Gasteiger partial charge on any atom is -0.478 e. The lowest BCUT2D eigenvalue weighted by Gasteiger charge is -2.23. The monoisotopic (exact) mass is 384 g/mol. The summed E-state index contributed by atoms with van der Waals surface area (Å²) in [6.07, 6.45) is 2.86. The van der Waals surface area contributed by atoms with Crippen LogP contribution in [0.3, 0.4) is 0 Å². The minimum atomic E-state index is -1.14. The van der Waals surface area contributed by atoms with Crippen LogP contribution in [0.15, 0.2) is 95.7 Å². The van der Waals surface area contributed by atoms with Gasteiger partial charge in [0, 0.05) is 22.5 Å². The standard InChI is InChI=1S/C23H16N2O4/c26-22(25(19-7-3-1-4-8-19)20-9-5-2-6-10-20)17-13-16(21-24-11-12-29-21)14-18(15-17)23(27)28/h1-15H,(H,27,28). The van der Waals surface area contributed by atoms with Crippen molar-refractivity contribution in [2.75, 3.05) is 4.90 Å². The van der Waals surface area contributed by atoms with E-state index in [0.29, 0.717) is 16.9 Å². The van der Waals surface area contributed by atoms with Gasteiger partial charge in [-0.05, 0) is 42.5 Å². The molecule has 29 heavy (non-hydrogen) atoms. The van der Waals surface area contributed by atoms with Gasteiger partial charge in [0.25, 0.3) is 5.91 Å². The van der Waals surface area contributed by atoms with Crippen molar-refractivity contribution in [1.82, 2.24) is 4.98 Å². The molecular weight excluding hydrogens is 368 g/mol. The highest BCUT2D eigenvalue weighted by atomic mass is 16.4. The van der Waals surface area contributed by atoms with Crippen LogP contribution in [0.5, 0.6) is 0 Å². The van der Waals surface area contributed by atoms with E-state index in [-0.39, 0.29) is 22.9 Å². The number of oxazole rings is 1. The predicted octanol–water partition coefficient (Wildman–Crippen LogP) is 5.02. The number of hydrogen-bond acceptors (Lipinski definition) is 4. The smallest absolute Gasteiger partial charge is 0.335 e. The van der Waals surface area contributed by atoms with Crippen molar-refractivity contribution in [2.24, 2.45) is 0 Å². The molecule has 1 N–H and O–H groups in total. The zero-order chi connectivity index (χ0) is 20.2. The average molecular weight is 384 g/mol. The number of carbonyl (C=O) groups excluding carboxylic acids is 1. The highest BCUT2D eigenvalue weighted by molar-refractivity contribution is 6.12. The van der Waals surface area contributed by atoms with E-state index in [1.807, 2.05) is 60.7 Å². The van der Waals surface area contributed by atoms with Crippen molar-refractivity contribution in [3.63, 3.8) is 0 Å². The zero-order valence-electron chi connectivity index (χ0n) is 15.2. The molecule has 0 spiro atoms. The van der Waals surface area contributed by atoms with Crippen molar-refractivity contribution in [3.8, 4) is 11.5 Å². The summed E-state index contributed by atoms with van der Waals surface area (Å²) in [5, 5.41) is 9.51. The van der Waals surface area contributed by atoms with E-state index in [9.17, 15) is 14.7 Å². The molecule has 1 heterocycles. The van der Waals surface area contributed by atoms with Gasteiger partial charge in [0.1, 0.15) is 6.26 Å². The summed E-state index contributed by atoms with van der Waals surface area (Å²) < 4.78 is 5.29. The van der Waals surface area contributed by atoms with Crippen LogP contribution in [0.1, 0.15) is 20.7 Å². The number of amides is 1. The molecule has 1 amide bonds. The van der Waals surface area contributed by atoms with E-state index >= 15 is 0 Å². The Morgan fingerprint density at radius 1 is 0.828 bits per heavy atom. The first kappa shape index (κ1) is 18.2. The van der Waals surface area contributed by atoms with E-state index < -0.39 is 5.97 Å². The molecule has 0 unspecified atom stereocenters. The van der Waals surface area contributed by atoms with Crippen molar-refractivity contribution < 1.29 is 19.1 Å². The molecule has 0 aliphatic rings. The number of rotatable bonds is 5. The highest BCUT2D eigenvalue weighted by Crippen LogP contribution is 2.29. The van der Waals surface area contributed by atoms with Gasteiger partial charge >= 0.3 is 5.97 Å². The van der Waals surface area contributed by atoms with E-state index in [1.165, 1.54) is 24.6 Å². The second kappa shape index (κ2) is 7.82. The van der Waals surface area contributed by atoms with Gasteiger partial charge in [-0.3, -0.25) is 9.69 Å². The number of nitrogens with zero attached hydrogens (tertiary/aromatic N) is 2. The van der Waals surface area contributed by atoms with E-state index in [2.05, 4.69) is 4.98 Å². The van der Waals surface area contributed by atoms with Crippen molar-refractivity contribution in [1.29, 1.82) is 0 Å². The Hall–Kier alpha value is -4.19. The Labute approximate surface area is 166 Å². The van der Waals surface area contributed by atoms with E-state index in [0.717, 1.165) is 0 Å². The summed E-state index contributed by atoms with van der Waals surface area (Å²) >= 11 is 0. The van der Waals surface area contributed by atoms with Crippen molar-refractivity contribution in [2.45, 2.75) is 0 Å². The molecule has 0 saturated heterocycles. The molecule has 1 aromatic heterocycles. The molecular formula is C23H16N2O4. The van der Waals surface area contributed by atoms with Gasteiger partial charge in [-0.2, -0.15) is 0 Å². The Bertz CT molecular complexity index is 1100. The Balaban J connectivity index is 1.85. The number of para-hydroxylation sites is 2. The Kier molecular flexibility index (Phi) is 4.90. The van der Waals surface area contributed by atoms with Crippen LogP contribution in [-0.4, -0.2) is 22.0 Å². The van der Waals surface area contributed by atoms with Gasteiger partial charge < -0.3 is 9.52 Å². The quantitative estimate of drug-likeness (QED) is 0.522. The second-order valence-corrected chi connectivity index (χ2v) is 6.25. The Morgan fingerprint density at radius 3 is 1.93 bits per heavy atom. The molecule has 4 aromatic rings. The highest BCUT2D eigenvalue weighted by Gasteiger charge is 2.22. The van der Waals surface area contributed by atoms with Gasteiger partial charge in [0.05, 0.1) is 11.8 Å². The van der Waals surface area contributed by atoms with Gasteiger partial charge in [-0.15, -0.1) is 0 Å². The van der Waals surface area contributed by atoms with Crippen LogP contribution in [0.2, 0.25) is 0 Å². The van der Waals surface area contributed by atoms with Crippen LogP contribution < -0.4 is 4.90 Å². The first-order valence-corrected chi connectivity index (χ1v) is 8.86. The molecule has 3 aromatic carbocycles. The van der Waals surface area contributed by atoms with Gasteiger partial charge in [-0.25, -0.2) is 9.78 Å². The fraction of sp³-hybridized carbons (Fsp3) is 0. The topological polar surface area (TPSA) is 83.6 Å². The van der Waals surface area contributed by atoms with Gasteiger partial charge in [-0.1, -0.05) is 36.4 Å². The lowest BCUT2D eigenvalue weighted by Crippen LogP contribution is -2.26. The molecule has 142 valence electrons. The van der Waals surface area contributed by atoms with Crippen LogP contribution in [0, 0.1) is 0 Å². The predicted molar refractivity (Wildman–Crippen MR) is 108 cm³/mol. The van der Waals surface area contributed by atoms with Crippen molar-refractivity contribution in [3.05, 3.63) is 102 Å². The first-order chi connectivity index (χ1) is 14.1. The molecule has 0 aliphatic heterocycles. The maximum Gasteiger partial charge on any atom is 0.335 e. The average Bonchev–Trinajstić information content (AvgIpc) is 3.30. The fourth-order valence-electron chi connectivity index (χ4n) is 3.03. The second-order valence-electron chi connectivity index (χ2n) is 6.25. The first-order valence-electron chi connectivity index (χ1n) is 8.86. The lowest BCUT2D eigenvalue weighted by atomic mass is 10.0. The molecule has 4 rings (SSSR count). The van der Waals surface area contributed by atoms with Crippen LogP contribution in [-0.2, 0) is 0 Å². The third kappa shape index (κ3) is 3.77. The minimum absolute atomic E-state index is 0.0230. The molecule has 0 aliphatic carbocycles. The van der Waals surface area contributed by atoms with E-state index in [4.69, 9.17) is 4.42 Å². The maximum absolute atomic E-state index is 13.5. The van der Waals surface area contributed by atoms with Crippen LogP contribution in [0.4, 0.5) is 11.4 Å². The third-order valence-electron chi connectivity index (χ3n) is 4.34. The number of hydrogen-bond donors (Lipinski definition) is 1. The fourth-order valence-corrected chi connectivity index (χ4v) is 3.03. The number of carboxylic acids is 1. The SMILES string of the molecule is O=C(O)c1cc(C(=O)N(c2ccccc2)c2ccccc2)cc(-c2ncco2)c1. The Morgan fingerprint density at radius 2 is 1.41 bits per heavy atom. The summed E-state index contributed by atoms with van der Waals surface area (Å²) in [5.74, 6) is -1.26. The van der Waals surface area contributed by atoms with Gasteiger partial charge in [0.2, 0.25) is 5.89 Å². The molecule has 0 saturated carbocycles. The van der Waals surface area contributed by atoms with Crippen molar-refractivity contribution >= 4 is 23.3 Å². The zero-order valence-corrected chi connectivity index (χ0v) is 15.2. The third-order valence-corrected chi connectivity index (χ3v) is 4.34. The summed E-state index contributed by atoms with van der Waals surface area (Å²) in [6, 6.07) is 22.7. The molecule has 0 radical (unpaired) electrons. The number of aromatic carboxylic acids is 1. The van der Waals surface area contributed by atoms with Crippen LogP contribution in [0.25, 0.3) is 11.5 Å². The number of aromatic nitrogens is 1. The summed E-state index contributed by atoms with van der Waals surface area (Å²) in [5.41, 5.74) is 1.94. The summed E-state index contributed by atoms with van der Waals surface area (Å²) in [7, 11) is 0. The molecule has 0 bridgehead atoms. The maximum atomic E-state index is 13.5. The van der Waals surface area contributed by atoms with Gasteiger partial charge in [0.15, 0.2) is 0 Å². The largest absolute Gasteiger partial charge is 0.478 e. The summed E-state index contributed by atoms with van der Waals surface area (Å²) in [4.78, 5) is 30.8. The van der Waals surface area contributed by atoms with E-state index in [1.54, 1.807) is 11.0 Å². The number of carbonyl (C=O) groups is 2. The number of carboxylic acid groups (broad SMARTS) is 1. The molecule has 6 heteroatoms. The van der Waals surface area contributed by atoms with Crippen LogP contribution >= 0.6 is 0 Å². The number of benzene rings is 3. The molecule has 6 nitrogen and oxygen atoms in total. The summed E-state index contributed by atoms with van der Waals surface area (Å²) in [6.45, 7) is 0. The number of anilines is 2.